The van der Waals surface area contributed by atoms with E-state index < -0.39 is 0 Å². The molecular formula is C20H33N5O. The first kappa shape index (κ1) is 19.1. The molecular weight excluding hydrogens is 326 g/mol. The largest absolute Gasteiger partial charge is 0.376 e. The molecule has 6 nitrogen and oxygen atoms in total. The topological polar surface area (TPSA) is 52.1 Å². The number of hydrogen-bond acceptors (Lipinski definition) is 4. The fraction of sp³-hybridized carbons (Fsp3) is 0.650. The standard InChI is InChI=1S/C20H33N5O/c1-21-20(23-16-19-8-5-15-26-19)22-9-10-24-11-13-25(14-12-24)17-18-6-3-2-4-7-18/h2-4,6-7,19H,5,8-17H2,1H3,(H2,21,22,23). The molecule has 3 rings (SSSR count). The van der Waals surface area contributed by atoms with Crippen molar-refractivity contribution >= 4 is 5.96 Å². The minimum absolute atomic E-state index is 0.339. The molecule has 0 saturated carbocycles. The Morgan fingerprint density at radius 2 is 1.88 bits per heavy atom. The Morgan fingerprint density at radius 1 is 1.12 bits per heavy atom. The summed E-state index contributed by atoms with van der Waals surface area (Å²) >= 11 is 0. The number of guanidine groups is 1. The summed E-state index contributed by atoms with van der Waals surface area (Å²) in [6, 6.07) is 10.8. The molecule has 2 heterocycles. The van der Waals surface area contributed by atoms with Crippen LogP contribution in [0.3, 0.4) is 0 Å². The second-order valence-corrected chi connectivity index (χ2v) is 7.12. The first-order valence-corrected chi connectivity index (χ1v) is 9.88. The molecule has 0 bridgehead atoms. The summed E-state index contributed by atoms with van der Waals surface area (Å²) in [5, 5.41) is 6.79. The Bertz CT molecular complexity index is 536. The third kappa shape index (κ3) is 6.27. The average Bonchev–Trinajstić information content (AvgIpc) is 3.20. The van der Waals surface area contributed by atoms with Gasteiger partial charge in [-0.05, 0) is 18.4 Å². The number of hydrogen-bond donors (Lipinski definition) is 2. The van der Waals surface area contributed by atoms with Gasteiger partial charge in [-0.25, -0.2) is 0 Å². The summed E-state index contributed by atoms with van der Waals surface area (Å²) in [5.41, 5.74) is 1.41. The van der Waals surface area contributed by atoms with Crippen molar-refractivity contribution in [1.82, 2.24) is 20.4 Å². The first-order chi connectivity index (χ1) is 12.8. The molecule has 26 heavy (non-hydrogen) atoms. The maximum absolute atomic E-state index is 5.64. The number of aliphatic imine (C=N–C) groups is 1. The summed E-state index contributed by atoms with van der Waals surface area (Å²) in [7, 11) is 1.83. The van der Waals surface area contributed by atoms with Gasteiger partial charge in [0.25, 0.3) is 0 Å². The van der Waals surface area contributed by atoms with Crippen molar-refractivity contribution in [3.05, 3.63) is 35.9 Å². The zero-order chi connectivity index (χ0) is 18.0. The quantitative estimate of drug-likeness (QED) is 0.565. The van der Waals surface area contributed by atoms with Gasteiger partial charge in [0.05, 0.1) is 6.10 Å². The second kappa shape index (κ2) is 10.5. The summed E-state index contributed by atoms with van der Waals surface area (Å²) in [5.74, 6) is 0.878. The fourth-order valence-electron chi connectivity index (χ4n) is 3.58. The van der Waals surface area contributed by atoms with Gasteiger partial charge in [0.2, 0.25) is 0 Å². The van der Waals surface area contributed by atoms with Crippen molar-refractivity contribution in [3.63, 3.8) is 0 Å². The SMILES string of the molecule is CN=C(NCCN1CCN(Cc2ccccc2)CC1)NCC1CCCO1. The van der Waals surface area contributed by atoms with Crippen LogP contribution in [0.15, 0.2) is 35.3 Å². The Hall–Kier alpha value is -1.63. The van der Waals surface area contributed by atoms with Crippen LogP contribution in [0, 0.1) is 0 Å². The number of nitrogens with one attached hydrogen (secondary N) is 2. The van der Waals surface area contributed by atoms with Gasteiger partial charge < -0.3 is 15.4 Å². The highest BCUT2D eigenvalue weighted by atomic mass is 16.5. The van der Waals surface area contributed by atoms with E-state index in [9.17, 15) is 0 Å². The van der Waals surface area contributed by atoms with Crippen molar-refractivity contribution < 1.29 is 4.74 Å². The van der Waals surface area contributed by atoms with E-state index in [1.807, 2.05) is 7.05 Å². The molecule has 2 N–H and O–H groups in total. The Balaban J connectivity index is 1.28. The summed E-state index contributed by atoms with van der Waals surface area (Å²) < 4.78 is 5.64. The molecule has 2 aliphatic rings. The zero-order valence-corrected chi connectivity index (χ0v) is 16.0. The molecule has 1 aromatic rings. The van der Waals surface area contributed by atoms with Crippen LogP contribution in [-0.4, -0.2) is 81.3 Å². The first-order valence-electron chi connectivity index (χ1n) is 9.88. The molecule has 2 saturated heterocycles. The molecule has 2 aliphatic heterocycles. The van der Waals surface area contributed by atoms with Crippen LogP contribution >= 0.6 is 0 Å². The van der Waals surface area contributed by atoms with Crippen LogP contribution < -0.4 is 10.6 Å². The molecule has 1 unspecified atom stereocenters. The highest BCUT2D eigenvalue weighted by molar-refractivity contribution is 5.79. The van der Waals surface area contributed by atoms with E-state index in [1.165, 1.54) is 12.0 Å². The van der Waals surface area contributed by atoms with Crippen molar-refractivity contribution in [2.45, 2.75) is 25.5 Å². The highest BCUT2D eigenvalue weighted by Crippen LogP contribution is 2.10. The maximum atomic E-state index is 5.64. The van der Waals surface area contributed by atoms with E-state index in [-0.39, 0.29) is 0 Å². The van der Waals surface area contributed by atoms with Gasteiger partial charge >= 0.3 is 0 Å². The van der Waals surface area contributed by atoms with Gasteiger partial charge in [-0.1, -0.05) is 30.3 Å². The monoisotopic (exact) mass is 359 g/mol. The minimum atomic E-state index is 0.339. The van der Waals surface area contributed by atoms with Crippen molar-refractivity contribution in [2.24, 2.45) is 4.99 Å². The lowest BCUT2D eigenvalue weighted by Gasteiger charge is -2.34. The number of benzene rings is 1. The van der Waals surface area contributed by atoms with Crippen molar-refractivity contribution in [2.75, 3.05) is 59.5 Å². The van der Waals surface area contributed by atoms with Crippen molar-refractivity contribution in [1.29, 1.82) is 0 Å². The smallest absolute Gasteiger partial charge is 0.191 e. The molecule has 0 amide bonds. The summed E-state index contributed by atoms with van der Waals surface area (Å²) in [4.78, 5) is 9.38. The lowest BCUT2D eigenvalue weighted by molar-refractivity contribution is 0.113. The Morgan fingerprint density at radius 3 is 2.58 bits per heavy atom. The van der Waals surface area contributed by atoms with E-state index in [0.717, 1.165) is 71.3 Å². The van der Waals surface area contributed by atoms with Gasteiger partial charge in [0.1, 0.15) is 0 Å². The van der Waals surface area contributed by atoms with Crippen LogP contribution in [0.4, 0.5) is 0 Å². The third-order valence-electron chi connectivity index (χ3n) is 5.18. The molecule has 0 aliphatic carbocycles. The second-order valence-electron chi connectivity index (χ2n) is 7.12. The molecule has 1 atom stereocenters. The van der Waals surface area contributed by atoms with E-state index >= 15 is 0 Å². The molecule has 0 aromatic heterocycles. The molecule has 2 fully saturated rings. The van der Waals surface area contributed by atoms with Crippen LogP contribution in [0.1, 0.15) is 18.4 Å². The van der Waals surface area contributed by atoms with E-state index in [1.54, 1.807) is 0 Å². The third-order valence-corrected chi connectivity index (χ3v) is 5.18. The van der Waals surface area contributed by atoms with Gasteiger partial charge in [-0.3, -0.25) is 14.8 Å². The van der Waals surface area contributed by atoms with Gasteiger partial charge in [-0.2, -0.15) is 0 Å². The van der Waals surface area contributed by atoms with Gasteiger partial charge in [-0.15, -0.1) is 0 Å². The summed E-state index contributed by atoms with van der Waals surface area (Å²) in [6.45, 7) is 9.33. The van der Waals surface area contributed by atoms with Crippen LogP contribution in [0.2, 0.25) is 0 Å². The van der Waals surface area contributed by atoms with Crippen LogP contribution in [-0.2, 0) is 11.3 Å². The molecule has 1 aromatic carbocycles. The maximum Gasteiger partial charge on any atom is 0.191 e. The van der Waals surface area contributed by atoms with Crippen LogP contribution in [0.25, 0.3) is 0 Å². The lowest BCUT2D eigenvalue weighted by atomic mass is 10.2. The highest BCUT2D eigenvalue weighted by Gasteiger charge is 2.17. The van der Waals surface area contributed by atoms with Crippen molar-refractivity contribution in [3.8, 4) is 0 Å². The number of rotatable bonds is 7. The molecule has 0 spiro atoms. The fourth-order valence-corrected chi connectivity index (χ4v) is 3.58. The van der Waals surface area contributed by atoms with Gasteiger partial charge in [0, 0.05) is 66.0 Å². The zero-order valence-electron chi connectivity index (χ0n) is 16.0. The van der Waals surface area contributed by atoms with E-state index in [2.05, 4.69) is 55.8 Å². The normalized spacial score (nSPS) is 22.5. The Kier molecular flexibility index (Phi) is 7.73. The molecule has 144 valence electrons. The minimum Gasteiger partial charge on any atom is -0.376 e. The van der Waals surface area contributed by atoms with Gasteiger partial charge in [0.15, 0.2) is 5.96 Å². The lowest BCUT2D eigenvalue weighted by Crippen LogP contribution is -2.49. The number of nitrogens with zero attached hydrogens (tertiary/aromatic N) is 3. The molecule has 6 heteroatoms. The summed E-state index contributed by atoms with van der Waals surface area (Å²) in [6.07, 6.45) is 2.66. The van der Waals surface area contributed by atoms with Crippen LogP contribution in [0.5, 0.6) is 0 Å². The number of ether oxygens (including phenoxy) is 1. The molecule has 0 radical (unpaired) electrons. The number of piperazine rings is 1. The average molecular weight is 360 g/mol. The predicted octanol–water partition coefficient (Wildman–Crippen LogP) is 1.15. The predicted molar refractivity (Wildman–Crippen MR) is 106 cm³/mol. The van der Waals surface area contributed by atoms with E-state index in [4.69, 9.17) is 4.74 Å². The van der Waals surface area contributed by atoms with E-state index in [0.29, 0.717) is 6.10 Å². The Labute approximate surface area is 157 Å².